The molecular weight excluding hydrogens is 336 g/mol. The third-order valence-corrected chi connectivity index (χ3v) is 6.48. The SMILES string of the molecule is Nc1ccc(Br)c(S(=O)(=O)NCC2CCSC2)c1. The zero-order chi connectivity index (χ0) is 13.2. The highest BCUT2D eigenvalue weighted by atomic mass is 79.9. The Morgan fingerprint density at radius 3 is 2.94 bits per heavy atom. The standard InChI is InChI=1S/C11H15BrN2O2S2/c12-10-2-1-9(13)5-11(10)18(15,16)14-6-8-3-4-17-7-8/h1-2,5,8,14H,3-4,6-7,13H2. The van der Waals surface area contributed by atoms with Crippen molar-refractivity contribution in [3.05, 3.63) is 22.7 Å². The third kappa shape index (κ3) is 3.40. The molecule has 1 saturated heterocycles. The van der Waals surface area contributed by atoms with E-state index in [1.54, 1.807) is 12.1 Å². The molecule has 100 valence electrons. The van der Waals surface area contributed by atoms with Gasteiger partial charge in [-0.25, -0.2) is 13.1 Å². The molecule has 0 saturated carbocycles. The van der Waals surface area contributed by atoms with Crippen LogP contribution in [0.5, 0.6) is 0 Å². The van der Waals surface area contributed by atoms with Crippen molar-refractivity contribution in [2.24, 2.45) is 5.92 Å². The molecule has 7 heteroatoms. The van der Waals surface area contributed by atoms with E-state index in [0.717, 1.165) is 17.9 Å². The summed E-state index contributed by atoms with van der Waals surface area (Å²) in [6.07, 6.45) is 1.07. The summed E-state index contributed by atoms with van der Waals surface area (Å²) in [5.74, 6) is 2.58. The lowest BCUT2D eigenvalue weighted by atomic mass is 10.1. The highest BCUT2D eigenvalue weighted by Crippen LogP contribution is 2.26. The van der Waals surface area contributed by atoms with Crippen LogP contribution in [0.1, 0.15) is 6.42 Å². The Kier molecular flexibility index (Phi) is 4.58. The first-order chi connectivity index (χ1) is 8.49. The van der Waals surface area contributed by atoms with Crippen LogP contribution in [0.15, 0.2) is 27.6 Å². The number of thioether (sulfide) groups is 1. The van der Waals surface area contributed by atoms with E-state index in [4.69, 9.17) is 5.73 Å². The van der Waals surface area contributed by atoms with Gasteiger partial charge in [-0.05, 0) is 58.0 Å². The van der Waals surface area contributed by atoms with Crippen LogP contribution in [0.4, 0.5) is 5.69 Å². The Bertz CT molecular complexity index is 528. The van der Waals surface area contributed by atoms with E-state index >= 15 is 0 Å². The number of hydrogen-bond acceptors (Lipinski definition) is 4. The molecular formula is C11H15BrN2O2S2. The van der Waals surface area contributed by atoms with Crippen molar-refractivity contribution in [1.29, 1.82) is 0 Å². The van der Waals surface area contributed by atoms with E-state index < -0.39 is 10.0 Å². The summed E-state index contributed by atoms with van der Waals surface area (Å²) in [5.41, 5.74) is 6.07. The average molecular weight is 351 g/mol. The molecule has 3 N–H and O–H groups in total. The van der Waals surface area contributed by atoms with Gasteiger partial charge in [0.2, 0.25) is 10.0 Å². The summed E-state index contributed by atoms with van der Waals surface area (Å²) in [7, 11) is -3.49. The molecule has 1 heterocycles. The molecule has 0 amide bonds. The van der Waals surface area contributed by atoms with E-state index in [2.05, 4.69) is 20.7 Å². The van der Waals surface area contributed by atoms with Gasteiger partial charge in [-0.2, -0.15) is 11.8 Å². The van der Waals surface area contributed by atoms with E-state index in [1.165, 1.54) is 6.07 Å². The van der Waals surface area contributed by atoms with Crippen molar-refractivity contribution in [3.8, 4) is 0 Å². The maximum Gasteiger partial charge on any atom is 0.241 e. The van der Waals surface area contributed by atoms with Gasteiger partial charge in [0.1, 0.15) is 0 Å². The van der Waals surface area contributed by atoms with E-state index in [-0.39, 0.29) is 4.90 Å². The molecule has 1 aliphatic heterocycles. The summed E-state index contributed by atoms with van der Waals surface area (Å²) in [5, 5.41) is 0. The summed E-state index contributed by atoms with van der Waals surface area (Å²) in [6, 6.07) is 4.78. The van der Waals surface area contributed by atoms with Crippen LogP contribution < -0.4 is 10.5 Å². The van der Waals surface area contributed by atoms with Gasteiger partial charge in [0.05, 0.1) is 4.90 Å². The molecule has 0 bridgehead atoms. The fraction of sp³-hybridized carbons (Fsp3) is 0.455. The number of halogens is 1. The number of anilines is 1. The van der Waals surface area contributed by atoms with Crippen LogP contribution in [0, 0.1) is 5.92 Å². The molecule has 18 heavy (non-hydrogen) atoms. The maximum atomic E-state index is 12.2. The highest BCUT2D eigenvalue weighted by molar-refractivity contribution is 9.10. The lowest BCUT2D eigenvalue weighted by Crippen LogP contribution is -2.29. The zero-order valence-electron chi connectivity index (χ0n) is 9.73. The molecule has 1 aromatic carbocycles. The van der Waals surface area contributed by atoms with Crippen LogP contribution in [-0.2, 0) is 10.0 Å². The normalized spacial score (nSPS) is 20.2. The predicted octanol–water partition coefficient (Wildman–Crippen LogP) is 2.06. The second-order valence-corrected chi connectivity index (χ2v) is 8.01. The van der Waals surface area contributed by atoms with Gasteiger partial charge < -0.3 is 5.73 Å². The van der Waals surface area contributed by atoms with Crippen molar-refractivity contribution >= 4 is 43.4 Å². The minimum atomic E-state index is -3.49. The average Bonchev–Trinajstić information content (AvgIpc) is 2.83. The number of hydrogen-bond donors (Lipinski definition) is 2. The quantitative estimate of drug-likeness (QED) is 0.815. The van der Waals surface area contributed by atoms with Gasteiger partial charge in [-0.3, -0.25) is 0 Å². The van der Waals surface area contributed by atoms with Crippen LogP contribution in [0.25, 0.3) is 0 Å². The largest absolute Gasteiger partial charge is 0.399 e. The van der Waals surface area contributed by atoms with E-state index in [1.807, 2.05) is 11.8 Å². The second kappa shape index (κ2) is 5.81. The maximum absolute atomic E-state index is 12.2. The summed E-state index contributed by atoms with van der Waals surface area (Å²) < 4.78 is 27.5. The number of sulfonamides is 1. The van der Waals surface area contributed by atoms with Crippen molar-refractivity contribution in [2.75, 3.05) is 23.8 Å². The first kappa shape index (κ1) is 14.2. The van der Waals surface area contributed by atoms with Gasteiger partial charge in [-0.15, -0.1) is 0 Å². The van der Waals surface area contributed by atoms with Crippen molar-refractivity contribution in [1.82, 2.24) is 4.72 Å². The molecule has 4 nitrogen and oxygen atoms in total. The molecule has 1 fully saturated rings. The van der Waals surface area contributed by atoms with Gasteiger partial charge in [0.25, 0.3) is 0 Å². The Morgan fingerprint density at radius 1 is 1.50 bits per heavy atom. The fourth-order valence-electron chi connectivity index (χ4n) is 1.78. The number of rotatable bonds is 4. The number of nitrogens with two attached hydrogens (primary N) is 1. The van der Waals surface area contributed by atoms with E-state index in [0.29, 0.717) is 22.6 Å². The third-order valence-electron chi connectivity index (χ3n) is 2.83. The van der Waals surface area contributed by atoms with Gasteiger partial charge in [0.15, 0.2) is 0 Å². The number of benzene rings is 1. The molecule has 0 radical (unpaired) electrons. The smallest absolute Gasteiger partial charge is 0.241 e. The van der Waals surface area contributed by atoms with Gasteiger partial charge in [0, 0.05) is 16.7 Å². The molecule has 1 atom stereocenters. The minimum Gasteiger partial charge on any atom is -0.399 e. The molecule has 1 aromatic rings. The lowest BCUT2D eigenvalue weighted by Gasteiger charge is -2.12. The van der Waals surface area contributed by atoms with Crippen molar-refractivity contribution in [3.63, 3.8) is 0 Å². The molecule has 0 aliphatic carbocycles. The molecule has 0 spiro atoms. The van der Waals surface area contributed by atoms with E-state index in [9.17, 15) is 8.42 Å². The van der Waals surface area contributed by atoms with Crippen molar-refractivity contribution in [2.45, 2.75) is 11.3 Å². The fourth-order valence-corrected chi connectivity index (χ4v) is 5.17. The molecule has 1 aliphatic rings. The second-order valence-electron chi connectivity index (χ2n) is 4.27. The zero-order valence-corrected chi connectivity index (χ0v) is 12.9. The van der Waals surface area contributed by atoms with Crippen LogP contribution in [-0.4, -0.2) is 26.5 Å². The van der Waals surface area contributed by atoms with Crippen LogP contribution in [0.3, 0.4) is 0 Å². The van der Waals surface area contributed by atoms with Crippen LogP contribution in [0.2, 0.25) is 0 Å². The Balaban J connectivity index is 2.12. The number of nitrogen functional groups attached to an aromatic ring is 1. The summed E-state index contributed by atoms with van der Waals surface area (Å²) >= 11 is 5.11. The first-order valence-corrected chi connectivity index (χ1v) is 9.04. The van der Waals surface area contributed by atoms with Gasteiger partial charge >= 0.3 is 0 Å². The van der Waals surface area contributed by atoms with Crippen molar-refractivity contribution < 1.29 is 8.42 Å². The first-order valence-electron chi connectivity index (χ1n) is 5.61. The molecule has 1 unspecified atom stereocenters. The Hall–Kier alpha value is -0.240. The predicted molar refractivity (Wildman–Crippen MR) is 79.2 cm³/mol. The summed E-state index contributed by atoms with van der Waals surface area (Å²) in [4.78, 5) is 0.202. The Labute approximate surface area is 120 Å². The van der Waals surface area contributed by atoms with Gasteiger partial charge in [-0.1, -0.05) is 0 Å². The summed E-state index contributed by atoms with van der Waals surface area (Å²) in [6.45, 7) is 0.497. The Morgan fingerprint density at radius 2 is 2.28 bits per heavy atom. The molecule has 0 aromatic heterocycles. The highest BCUT2D eigenvalue weighted by Gasteiger charge is 2.21. The van der Waals surface area contributed by atoms with Crippen LogP contribution >= 0.6 is 27.7 Å². The minimum absolute atomic E-state index is 0.202. The topological polar surface area (TPSA) is 72.2 Å². The molecule has 2 rings (SSSR count). The lowest BCUT2D eigenvalue weighted by molar-refractivity contribution is 0.545. The number of nitrogens with one attached hydrogen (secondary N) is 1. The monoisotopic (exact) mass is 350 g/mol.